The van der Waals surface area contributed by atoms with E-state index in [9.17, 15) is 4.79 Å². The second-order valence-corrected chi connectivity index (χ2v) is 2.91. The Morgan fingerprint density at radius 1 is 1.60 bits per heavy atom. The Morgan fingerprint density at radius 2 is 2.20 bits per heavy atom. The van der Waals surface area contributed by atoms with Crippen LogP contribution in [0, 0.1) is 5.92 Å². The highest BCUT2D eigenvalue weighted by Crippen LogP contribution is 2.08. The minimum Gasteiger partial charge on any atom is -0.298 e. The molecule has 60 valence electrons. The maximum atomic E-state index is 10.9. The van der Waals surface area contributed by atoms with E-state index in [2.05, 4.69) is 6.92 Å². The molecule has 0 amide bonds. The van der Waals surface area contributed by atoms with Crippen LogP contribution in [0.3, 0.4) is 0 Å². The van der Waals surface area contributed by atoms with Gasteiger partial charge in [0.05, 0.1) is 5.88 Å². The van der Waals surface area contributed by atoms with Crippen LogP contribution in [0.5, 0.6) is 0 Å². The molecule has 0 fully saturated rings. The summed E-state index contributed by atoms with van der Waals surface area (Å²) in [6.07, 6.45) is 3.27. The fourth-order valence-electron chi connectivity index (χ4n) is 0.803. The van der Waals surface area contributed by atoms with Crippen LogP contribution >= 0.6 is 11.6 Å². The fourth-order valence-corrected chi connectivity index (χ4v) is 1.07. The molecule has 0 aromatic heterocycles. The van der Waals surface area contributed by atoms with Crippen molar-refractivity contribution in [2.75, 3.05) is 5.88 Å². The van der Waals surface area contributed by atoms with Crippen LogP contribution in [0.15, 0.2) is 0 Å². The second-order valence-electron chi connectivity index (χ2n) is 2.64. The third kappa shape index (κ3) is 3.89. The molecular weight excluding hydrogens is 148 g/mol. The zero-order valence-corrected chi connectivity index (χ0v) is 7.45. The van der Waals surface area contributed by atoms with Gasteiger partial charge in [-0.05, 0) is 6.42 Å². The Bertz CT molecular complexity index is 101. The summed E-state index contributed by atoms with van der Waals surface area (Å²) in [5, 5.41) is 0. The van der Waals surface area contributed by atoms with Gasteiger partial charge < -0.3 is 0 Å². The molecule has 0 rings (SSSR count). The molecule has 0 aliphatic heterocycles. The number of alkyl halides is 1. The van der Waals surface area contributed by atoms with Crippen LogP contribution in [0.1, 0.15) is 33.1 Å². The van der Waals surface area contributed by atoms with Gasteiger partial charge in [-0.3, -0.25) is 4.79 Å². The number of hydrogen-bond donors (Lipinski definition) is 0. The molecule has 0 radical (unpaired) electrons. The number of rotatable bonds is 5. The first-order valence-electron chi connectivity index (χ1n) is 3.81. The van der Waals surface area contributed by atoms with Gasteiger partial charge in [0.15, 0.2) is 0 Å². The molecule has 0 aromatic carbocycles. The van der Waals surface area contributed by atoms with E-state index in [4.69, 9.17) is 11.6 Å². The Hall–Kier alpha value is -0.0400. The number of unbranched alkanes of at least 4 members (excludes halogenated alkanes) is 1. The van der Waals surface area contributed by atoms with Crippen LogP contribution in [0.2, 0.25) is 0 Å². The molecule has 1 unspecified atom stereocenters. The second kappa shape index (κ2) is 5.72. The Morgan fingerprint density at radius 3 is 2.60 bits per heavy atom. The number of carbonyl (C=O) groups is 1. The summed E-state index contributed by atoms with van der Waals surface area (Å²) in [5.74, 6) is 0.512. The Labute approximate surface area is 67.8 Å². The van der Waals surface area contributed by atoms with E-state index in [1.54, 1.807) is 0 Å². The Balaban J connectivity index is 3.41. The first-order chi connectivity index (χ1) is 4.72. The van der Waals surface area contributed by atoms with Gasteiger partial charge >= 0.3 is 0 Å². The molecule has 1 atom stereocenters. The normalized spacial score (nSPS) is 13.1. The van der Waals surface area contributed by atoms with Crippen molar-refractivity contribution in [1.82, 2.24) is 0 Å². The van der Waals surface area contributed by atoms with E-state index in [-0.39, 0.29) is 17.6 Å². The van der Waals surface area contributed by atoms with Crippen molar-refractivity contribution < 1.29 is 4.79 Å². The predicted octanol–water partition coefficient (Wildman–Crippen LogP) is 2.62. The maximum absolute atomic E-state index is 10.9. The summed E-state index contributed by atoms with van der Waals surface area (Å²) >= 11 is 5.38. The minimum absolute atomic E-state index is 0.164. The molecule has 2 heteroatoms. The van der Waals surface area contributed by atoms with Gasteiger partial charge in [0.25, 0.3) is 0 Å². The smallest absolute Gasteiger partial charge is 0.150 e. The van der Waals surface area contributed by atoms with E-state index in [0.29, 0.717) is 0 Å². The zero-order valence-electron chi connectivity index (χ0n) is 6.69. The number of Topliss-reactive ketones (excluding diaryl/α,β-unsaturated/α-hetero) is 1. The van der Waals surface area contributed by atoms with Crippen LogP contribution in [0.25, 0.3) is 0 Å². The van der Waals surface area contributed by atoms with Crippen LogP contribution in [-0.2, 0) is 4.79 Å². The van der Waals surface area contributed by atoms with Crippen molar-refractivity contribution >= 4 is 17.4 Å². The van der Waals surface area contributed by atoms with E-state index >= 15 is 0 Å². The monoisotopic (exact) mass is 162 g/mol. The van der Waals surface area contributed by atoms with Crippen LogP contribution in [0.4, 0.5) is 0 Å². The Kier molecular flexibility index (Phi) is 5.70. The quantitative estimate of drug-likeness (QED) is 0.568. The van der Waals surface area contributed by atoms with Gasteiger partial charge in [0.2, 0.25) is 0 Å². The van der Waals surface area contributed by atoms with Crippen molar-refractivity contribution in [1.29, 1.82) is 0 Å². The molecule has 10 heavy (non-hydrogen) atoms. The van der Waals surface area contributed by atoms with Crippen molar-refractivity contribution in [3.8, 4) is 0 Å². The zero-order chi connectivity index (χ0) is 7.98. The average molecular weight is 163 g/mol. The largest absolute Gasteiger partial charge is 0.298 e. The molecule has 1 nitrogen and oxygen atoms in total. The highest BCUT2D eigenvalue weighted by atomic mass is 35.5. The average Bonchev–Trinajstić information content (AvgIpc) is 1.98. The number of carbonyl (C=O) groups excluding carboxylic acids is 1. The van der Waals surface area contributed by atoms with E-state index in [1.807, 2.05) is 6.92 Å². The third-order valence-corrected chi connectivity index (χ3v) is 1.94. The van der Waals surface area contributed by atoms with E-state index in [0.717, 1.165) is 19.3 Å². The van der Waals surface area contributed by atoms with E-state index < -0.39 is 0 Å². The molecule has 0 aliphatic rings. The fraction of sp³-hybridized carbons (Fsp3) is 0.875. The standard InChI is InChI=1S/C8H15ClO/c1-3-4-5-7(2)8(10)6-9/h7H,3-6H2,1-2H3. The first-order valence-corrected chi connectivity index (χ1v) is 4.34. The number of hydrogen-bond acceptors (Lipinski definition) is 1. The van der Waals surface area contributed by atoms with Gasteiger partial charge in [-0.1, -0.05) is 26.7 Å². The van der Waals surface area contributed by atoms with Gasteiger partial charge in [0.1, 0.15) is 5.78 Å². The minimum atomic E-state index is 0.164. The molecule has 0 aliphatic carbocycles. The summed E-state index contributed by atoms with van der Waals surface area (Å²) in [5.41, 5.74) is 0. The van der Waals surface area contributed by atoms with Gasteiger partial charge in [-0.2, -0.15) is 0 Å². The van der Waals surface area contributed by atoms with Crippen molar-refractivity contribution in [3.63, 3.8) is 0 Å². The number of halogens is 1. The van der Waals surface area contributed by atoms with Crippen molar-refractivity contribution in [2.24, 2.45) is 5.92 Å². The third-order valence-electron chi connectivity index (χ3n) is 1.67. The molecular formula is C8H15ClO. The lowest BCUT2D eigenvalue weighted by Gasteiger charge is -2.05. The lowest BCUT2D eigenvalue weighted by Crippen LogP contribution is -2.11. The number of ketones is 1. The van der Waals surface area contributed by atoms with Crippen molar-refractivity contribution in [2.45, 2.75) is 33.1 Å². The molecule has 0 saturated carbocycles. The summed E-state index contributed by atoms with van der Waals surface area (Å²) in [6.45, 7) is 4.07. The molecule has 0 aromatic rings. The topological polar surface area (TPSA) is 17.1 Å². The summed E-state index contributed by atoms with van der Waals surface area (Å²) < 4.78 is 0. The molecule has 0 bridgehead atoms. The summed E-state index contributed by atoms with van der Waals surface area (Å²) in [6, 6.07) is 0. The highest BCUT2D eigenvalue weighted by molar-refractivity contribution is 6.27. The summed E-state index contributed by atoms with van der Waals surface area (Å²) in [7, 11) is 0. The van der Waals surface area contributed by atoms with Gasteiger partial charge in [-0.15, -0.1) is 11.6 Å². The molecule has 0 N–H and O–H groups in total. The first kappa shape index (κ1) is 9.96. The summed E-state index contributed by atoms with van der Waals surface area (Å²) in [4.78, 5) is 10.9. The predicted molar refractivity (Wildman–Crippen MR) is 44.4 cm³/mol. The lowest BCUT2D eigenvalue weighted by atomic mass is 10.0. The molecule has 0 saturated heterocycles. The van der Waals surface area contributed by atoms with Gasteiger partial charge in [0, 0.05) is 5.92 Å². The van der Waals surface area contributed by atoms with Crippen LogP contribution < -0.4 is 0 Å². The maximum Gasteiger partial charge on any atom is 0.150 e. The SMILES string of the molecule is CCCCC(C)C(=O)CCl. The highest BCUT2D eigenvalue weighted by Gasteiger charge is 2.09. The van der Waals surface area contributed by atoms with Crippen LogP contribution in [-0.4, -0.2) is 11.7 Å². The lowest BCUT2D eigenvalue weighted by molar-refractivity contribution is -0.120. The van der Waals surface area contributed by atoms with Gasteiger partial charge in [-0.25, -0.2) is 0 Å². The van der Waals surface area contributed by atoms with E-state index in [1.165, 1.54) is 0 Å². The molecule has 0 spiro atoms. The molecule has 0 heterocycles. The van der Waals surface area contributed by atoms with Crippen molar-refractivity contribution in [3.05, 3.63) is 0 Å².